The number of para-hydroxylation sites is 2. The van der Waals surface area contributed by atoms with E-state index in [-0.39, 0.29) is 39.4 Å². The van der Waals surface area contributed by atoms with Gasteiger partial charge in [0.05, 0.1) is 46.5 Å². The van der Waals surface area contributed by atoms with E-state index in [2.05, 4.69) is 10.3 Å². The number of imide groups is 1. The van der Waals surface area contributed by atoms with Gasteiger partial charge in [0.25, 0.3) is 5.91 Å². The molecule has 276 valence electrons. The molecule has 6 unspecified atom stereocenters. The molecule has 4 aliphatic rings. The summed E-state index contributed by atoms with van der Waals surface area (Å²) in [6.45, 7) is -0.646. The molecule has 17 heteroatoms. The quantitative estimate of drug-likeness (QED) is 0.151. The van der Waals surface area contributed by atoms with Crippen molar-refractivity contribution in [3.05, 3.63) is 98.0 Å². The summed E-state index contributed by atoms with van der Waals surface area (Å²) in [4.78, 5) is 57.3. The van der Waals surface area contributed by atoms with Crippen molar-refractivity contribution in [1.29, 1.82) is 0 Å². The van der Waals surface area contributed by atoms with Crippen molar-refractivity contribution in [3.8, 4) is 11.5 Å². The maximum atomic E-state index is 14.0. The molecular formula is C36H27F6N3O6S2. The molecule has 0 radical (unpaired) electrons. The van der Waals surface area contributed by atoms with E-state index in [1.54, 1.807) is 12.1 Å². The van der Waals surface area contributed by atoms with Gasteiger partial charge in [0.1, 0.15) is 0 Å². The standard InChI is InChI=1S/C36H27F6N3O6S2/c1-50-23-12-15(10-11-22(23)51-14-24(46)43-20-8-4-2-6-18(20)35(37,38)39)25-26-16-13-17(29(26)52-31-30(25)53-34(49)44-31)28-27(16)32(47)45(33(28)48)21-9-5-3-7-19(21)36(40,41)42/h2-12,16-17,25-29H,13-14H2,1H3,(H,43,46)(H,44,49)/t16?,17?,25-,26?,27?,28?,29?/m1/s1. The predicted octanol–water partition coefficient (Wildman–Crippen LogP) is 7.18. The summed E-state index contributed by atoms with van der Waals surface area (Å²) >= 11 is 2.43. The van der Waals surface area contributed by atoms with Crippen molar-refractivity contribution < 1.29 is 50.2 Å². The van der Waals surface area contributed by atoms with Gasteiger partial charge in [-0.1, -0.05) is 41.7 Å². The molecule has 53 heavy (non-hydrogen) atoms. The Morgan fingerprint density at radius 2 is 1.55 bits per heavy atom. The molecule has 2 saturated carbocycles. The molecule has 2 aliphatic carbocycles. The van der Waals surface area contributed by atoms with Crippen LogP contribution in [0.4, 0.5) is 37.7 Å². The maximum absolute atomic E-state index is 14.0. The Kier molecular flexibility index (Phi) is 8.44. The molecule has 3 amide bonds. The summed E-state index contributed by atoms with van der Waals surface area (Å²) < 4.78 is 93.5. The first kappa shape index (κ1) is 35.3. The molecule has 0 spiro atoms. The topological polar surface area (TPSA) is 118 Å². The van der Waals surface area contributed by atoms with Crippen LogP contribution < -0.4 is 24.6 Å². The Morgan fingerprint density at radius 3 is 2.25 bits per heavy atom. The number of amides is 3. The number of H-pyrrole nitrogens is 1. The first-order valence-electron chi connectivity index (χ1n) is 16.4. The fourth-order valence-electron chi connectivity index (χ4n) is 8.70. The van der Waals surface area contributed by atoms with Gasteiger partial charge in [-0.3, -0.25) is 19.2 Å². The Morgan fingerprint density at radius 1 is 0.887 bits per heavy atom. The monoisotopic (exact) mass is 775 g/mol. The number of thiazole rings is 1. The van der Waals surface area contributed by atoms with Gasteiger partial charge in [-0.15, -0.1) is 11.8 Å². The molecule has 1 saturated heterocycles. The molecule has 3 aromatic carbocycles. The second kappa shape index (κ2) is 12.7. The van der Waals surface area contributed by atoms with Crippen molar-refractivity contribution in [2.45, 2.75) is 35.0 Å². The highest BCUT2D eigenvalue weighted by atomic mass is 32.2. The Labute approximate surface area is 304 Å². The van der Waals surface area contributed by atoms with Crippen LogP contribution in [0.5, 0.6) is 11.5 Å². The van der Waals surface area contributed by atoms with Crippen LogP contribution in [-0.2, 0) is 26.7 Å². The molecular weight excluding hydrogens is 749 g/mol. The van der Waals surface area contributed by atoms with Crippen LogP contribution in [-0.4, -0.2) is 41.7 Å². The summed E-state index contributed by atoms with van der Waals surface area (Å²) in [5.41, 5.74) is -2.33. The van der Waals surface area contributed by atoms with Gasteiger partial charge in [0.2, 0.25) is 11.8 Å². The third kappa shape index (κ3) is 5.79. The highest BCUT2D eigenvalue weighted by Crippen LogP contribution is 2.69. The minimum absolute atomic E-state index is 0.114. The number of hydrogen-bond acceptors (Lipinski definition) is 8. The smallest absolute Gasteiger partial charge is 0.418 e. The van der Waals surface area contributed by atoms with Crippen molar-refractivity contribution in [2.75, 3.05) is 23.9 Å². The number of aromatic amines is 1. The summed E-state index contributed by atoms with van der Waals surface area (Å²) in [7, 11) is 1.36. The van der Waals surface area contributed by atoms with Crippen molar-refractivity contribution in [3.63, 3.8) is 0 Å². The van der Waals surface area contributed by atoms with E-state index in [0.717, 1.165) is 35.6 Å². The number of alkyl halides is 6. The molecule has 1 aromatic heterocycles. The summed E-state index contributed by atoms with van der Waals surface area (Å²) in [6.07, 6.45) is -8.98. The predicted molar refractivity (Wildman–Crippen MR) is 181 cm³/mol. The van der Waals surface area contributed by atoms with E-state index >= 15 is 0 Å². The number of anilines is 2. The minimum Gasteiger partial charge on any atom is -0.493 e. The summed E-state index contributed by atoms with van der Waals surface area (Å²) in [5.74, 6) is -5.01. The number of rotatable bonds is 7. The van der Waals surface area contributed by atoms with Crippen LogP contribution in [0, 0.1) is 29.6 Å². The number of carbonyl (C=O) groups is 3. The van der Waals surface area contributed by atoms with Gasteiger partial charge in [-0.2, -0.15) is 26.3 Å². The zero-order chi connectivity index (χ0) is 37.6. The van der Waals surface area contributed by atoms with E-state index in [9.17, 15) is 45.5 Å². The minimum atomic E-state index is -4.79. The molecule has 2 bridgehead atoms. The number of benzene rings is 3. The van der Waals surface area contributed by atoms with Gasteiger partial charge in [-0.25, -0.2) is 4.90 Å². The van der Waals surface area contributed by atoms with Crippen molar-refractivity contribution >= 4 is 52.2 Å². The number of aromatic nitrogens is 1. The average Bonchev–Trinajstić information content (AvgIpc) is 3.85. The molecule has 2 N–H and O–H groups in total. The van der Waals surface area contributed by atoms with Crippen LogP contribution in [0.25, 0.3) is 0 Å². The molecule has 9 nitrogen and oxygen atoms in total. The summed E-state index contributed by atoms with van der Waals surface area (Å²) in [6, 6.07) is 14.0. The Hall–Kier alpha value is -4.77. The van der Waals surface area contributed by atoms with Crippen molar-refractivity contribution in [2.24, 2.45) is 29.6 Å². The van der Waals surface area contributed by atoms with E-state index in [1.807, 2.05) is 0 Å². The number of carbonyl (C=O) groups excluding carboxylic acids is 3. The zero-order valence-electron chi connectivity index (χ0n) is 27.3. The lowest BCUT2D eigenvalue weighted by molar-refractivity contribution is -0.138. The number of methoxy groups -OCH3 is 1. The number of nitrogens with one attached hydrogen (secondary N) is 2. The lowest BCUT2D eigenvalue weighted by atomic mass is 9.68. The molecule has 8 rings (SSSR count). The van der Waals surface area contributed by atoms with Crippen LogP contribution in [0.3, 0.4) is 0 Å². The van der Waals surface area contributed by atoms with Gasteiger partial charge in [0, 0.05) is 16.0 Å². The number of hydrogen-bond donors (Lipinski definition) is 2. The van der Waals surface area contributed by atoms with Crippen LogP contribution in [0.2, 0.25) is 0 Å². The van der Waals surface area contributed by atoms with Gasteiger partial charge in [-0.05, 0) is 66.1 Å². The molecule has 4 aromatic rings. The van der Waals surface area contributed by atoms with Crippen LogP contribution in [0.15, 0.2) is 76.6 Å². The number of ether oxygens (including phenoxy) is 2. The summed E-state index contributed by atoms with van der Waals surface area (Å²) in [5, 5.41) is 2.59. The highest BCUT2D eigenvalue weighted by Gasteiger charge is 2.70. The van der Waals surface area contributed by atoms with Gasteiger partial charge in [0.15, 0.2) is 18.1 Å². The highest BCUT2D eigenvalue weighted by molar-refractivity contribution is 8.00. The second-order valence-electron chi connectivity index (χ2n) is 13.3. The largest absolute Gasteiger partial charge is 0.493 e. The lowest BCUT2D eigenvalue weighted by Crippen LogP contribution is -2.42. The SMILES string of the molecule is COc1cc([C@H]2c3sc(=O)[nH]c3SC3C4CC(C5C(=O)N(c6ccccc6C(F)(F)F)C(=O)C45)C32)ccc1OCC(=O)Nc1ccccc1C(F)(F)F. The van der Waals surface area contributed by atoms with Crippen LogP contribution >= 0.6 is 23.1 Å². The molecule has 3 fully saturated rings. The van der Waals surface area contributed by atoms with Gasteiger partial charge >= 0.3 is 17.2 Å². The normalized spacial score (nSPS) is 25.9. The molecule has 7 atom stereocenters. The van der Waals surface area contributed by atoms with E-state index in [4.69, 9.17) is 9.47 Å². The van der Waals surface area contributed by atoms with Gasteiger partial charge < -0.3 is 19.8 Å². The van der Waals surface area contributed by atoms with E-state index in [1.165, 1.54) is 49.2 Å². The van der Waals surface area contributed by atoms with Crippen molar-refractivity contribution in [1.82, 2.24) is 4.98 Å². The fraction of sp³-hybridized carbons (Fsp3) is 0.333. The Bertz CT molecular complexity index is 2220. The first-order chi connectivity index (χ1) is 25.2. The molecule has 3 heterocycles. The third-order valence-electron chi connectivity index (χ3n) is 10.6. The lowest BCUT2D eigenvalue weighted by Gasteiger charge is -2.43. The van der Waals surface area contributed by atoms with Crippen LogP contribution in [0.1, 0.15) is 33.9 Å². The first-order valence-corrected chi connectivity index (χ1v) is 18.1. The average molecular weight is 776 g/mol. The number of halogens is 6. The second-order valence-corrected chi connectivity index (χ2v) is 15.5. The third-order valence-corrected chi connectivity index (χ3v) is 13.2. The zero-order valence-corrected chi connectivity index (χ0v) is 28.9. The van der Waals surface area contributed by atoms with E-state index in [0.29, 0.717) is 26.8 Å². The maximum Gasteiger partial charge on any atom is 0.418 e. The number of fused-ring (bicyclic) bond motifs is 9. The number of thioether (sulfide) groups is 1. The Balaban J connectivity index is 1.09. The fourth-order valence-corrected chi connectivity index (χ4v) is 11.6. The molecule has 2 aliphatic heterocycles. The van der Waals surface area contributed by atoms with E-state index < -0.39 is 76.9 Å². The number of nitrogens with zero attached hydrogens (tertiary/aromatic N) is 1.